The van der Waals surface area contributed by atoms with Gasteiger partial charge in [-0.2, -0.15) is 0 Å². The highest BCUT2D eigenvalue weighted by Gasteiger charge is 2.12. The highest BCUT2D eigenvalue weighted by atomic mass is 35.5. The summed E-state index contributed by atoms with van der Waals surface area (Å²) in [6, 6.07) is 7.78. The summed E-state index contributed by atoms with van der Waals surface area (Å²) in [5, 5.41) is 0.736. The molecule has 1 nitrogen and oxygen atoms in total. The van der Waals surface area contributed by atoms with Crippen LogP contribution in [0.3, 0.4) is 0 Å². The third-order valence-corrected chi connectivity index (χ3v) is 4.14. The SMILES string of the molecule is Cc1sc(C)c(Cc2cccc(Cl)c2)c1C=O. The van der Waals surface area contributed by atoms with Gasteiger partial charge in [-0.3, -0.25) is 4.79 Å². The third-order valence-electron chi connectivity index (χ3n) is 2.82. The van der Waals surface area contributed by atoms with Crippen LogP contribution in [-0.4, -0.2) is 6.29 Å². The number of hydrogen-bond donors (Lipinski definition) is 0. The fourth-order valence-corrected chi connectivity index (χ4v) is 3.23. The minimum Gasteiger partial charge on any atom is -0.298 e. The zero-order chi connectivity index (χ0) is 12.4. The number of thiophene rings is 1. The Balaban J connectivity index is 2.39. The van der Waals surface area contributed by atoms with E-state index in [1.807, 2.05) is 31.2 Å². The van der Waals surface area contributed by atoms with Crippen molar-refractivity contribution < 1.29 is 4.79 Å². The number of aldehydes is 1. The highest BCUT2D eigenvalue weighted by Crippen LogP contribution is 2.28. The fourth-order valence-electron chi connectivity index (χ4n) is 1.97. The number of rotatable bonds is 3. The lowest BCUT2D eigenvalue weighted by Crippen LogP contribution is -1.93. The summed E-state index contributed by atoms with van der Waals surface area (Å²) >= 11 is 7.64. The molecule has 0 bridgehead atoms. The topological polar surface area (TPSA) is 17.1 Å². The summed E-state index contributed by atoms with van der Waals surface area (Å²) < 4.78 is 0. The summed E-state index contributed by atoms with van der Waals surface area (Å²) in [7, 11) is 0. The van der Waals surface area contributed by atoms with E-state index in [0.717, 1.165) is 39.3 Å². The molecule has 3 heteroatoms. The summed E-state index contributed by atoms with van der Waals surface area (Å²) in [6.45, 7) is 4.05. The predicted octanol–water partition coefficient (Wildman–Crippen LogP) is 4.42. The van der Waals surface area contributed by atoms with Crippen LogP contribution in [0.5, 0.6) is 0 Å². The Bertz CT molecular complexity index is 557. The zero-order valence-corrected chi connectivity index (χ0v) is 11.4. The van der Waals surface area contributed by atoms with Gasteiger partial charge in [0.25, 0.3) is 0 Å². The first kappa shape index (κ1) is 12.3. The van der Waals surface area contributed by atoms with Crippen molar-refractivity contribution in [2.75, 3.05) is 0 Å². The zero-order valence-electron chi connectivity index (χ0n) is 9.79. The van der Waals surface area contributed by atoms with Crippen molar-refractivity contribution in [2.24, 2.45) is 0 Å². The van der Waals surface area contributed by atoms with Crippen molar-refractivity contribution in [1.29, 1.82) is 0 Å². The van der Waals surface area contributed by atoms with Crippen molar-refractivity contribution in [3.05, 3.63) is 55.7 Å². The van der Waals surface area contributed by atoms with Crippen LogP contribution in [0.1, 0.15) is 31.2 Å². The molecule has 88 valence electrons. The first-order valence-corrected chi connectivity index (χ1v) is 6.59. The molecule has 1 aromatic heterocycles. The van der Waals surface area contributed by atoms with E-state index in [1.165, 1.54) is 4.88 Å². The maximum absolute atomic E-state index is 11.1. The molecule has 2 aromatic rings. The van der Waals surface area contributed by atoms with Gasteiger partial charge in [-0.15, -0.1) is 11.3 Å². The molecule has 2 rings (SSSR count). The number of benzene rings is 1. The van der Waals surface area contributed by atoms with Crippen LogP contribution in [0.4, 0.5) is 0 Å². The monoisotopic (exact) mass is 264 g/mol. The molecule has 0 unspecified atom stereocenters. The summed E-state index contributed by atoms with van der Waals surface area (Å²) in [5.41, 5.74) is 3.11. The summed E-state index contributed by atoms with van der Waals surface area (Å²) in [6.07, 6.45) is 1.73. The van der Waals surface area contributed by atoms with E-state index in [1.54, 1.807) is 11.3 Å². The molecule has 0 amide bonds. The van der Waals surface area contributed by atoms with Crippen LogP contribution in [0, 0.1) is 13.8 Å². The molecule has 0 saturated heterocycles. The van der Waals surface area contributed by atoms with E-state index in [-0.39, 0.29) is 0 Å². The third kappa shape index (κ3) is 2.59. The van der Waals surface area contributed by atoms with Crippen LogP contribution in [-0.2, 0) is 6.42 Å². The second-order valence-corrected chi connectivity index (χ2v) is 5.90. The first-order chi connectivity index (χ1) is 8.11. The minimum absolute atomic E-state index is 0.736. The smallest absolute Gasteiger partial charge is 0.151 e. The average molecular weight is 265 g/mol. The lowest BCUT2D eigenvalue weighted by molar-refractivity contribution is 0.112. The summed E-state index contributed by atoms with van der Waals surface area (Å²) in [5.74, 6) is 0. The van der Waals surface area contributed by atoms with Gasteiger partial charge in [0.05, 0.1) is 0 Å². The van der Waals surface area contributed by atoms with Gasteiger partial charge in [0, 0.05) is 20.3 Å². The molecule has 0 saturated carbocycles. The Morgan fingerprint density at radius 2 is 2.06 bits per heavy atom. The molecular formula is C14H13ClOS. The van der Waals surface area contributed by atoms with E-state index in [0.29, 0.717) is 0 Å². The van der Waals surface area contributed by atoms with Gasteiger partial charge in [-0.05, 0) is 43.5 Å². The second kappa shape index (κ2) is 5.03. The van der Waals surface area contributed by atoms with Crippen LogP contribution in [0.2, 0.25) is 5.02 Å². The standard InChI is InChI=1S/C14H13ClOS/c1-9-13(14(8-16)10(2)17-9)7-11-4-3-5-12(15)6-11/h3-6,8H,7H2,1-2H3. The van der Waals surface area contributed by atoms with Crippen molar-refractivity contribution in [3.8, 4) is 0 Å². The maximum Gasteiger partial charge on any atom is 0.151 e. The van der Waals surface area contributed by atoms with Crippen LogP contribution >= 0.6 is 22.9 Å². The van der Waals surface area contributed by atoms with Gasteiger partial charge in [-0.25, -0.2) is 0 Å². The molecule has 1 aromatic carbocycles. The van der Waals surface area contributed by atoms with Crippen molar-refractivity contribution in [2.45, 2.75) is 20.3 Å². The first-order valence-electron chi connectivity index (χ1n) is 5.40. The van der Waals surface area contributed by atoms with Gasteiger partial charge < -0.3 is 0 Å². The quantitative estimate of drug-likeness (QED) is 0.750. The molecule has 0 radical (unpaired) electrons. The van der Waals surface area contributed by atoms with Gasteiger partial charge >= 0.3 is 0 Å². The van der Waals surface area contributed by atoms with E-state index in [4.69, 9.17) is 11.6 Å². The van der Waals surface area contributed by atoms with E-state index in [2.05, 4.69) is 6.92 Å². The van der Waals surface area contributed by atoms with Crippen LogP contribution in [0.15, 0.2) is 24.3 Å². The Kier molecular flexibility index (Phi) is 3.65. The maximum atomic E-state index is 11.1. The Labute approximate surface area is 110 Å². The molecule has 0 atom stereocenters. The molecule has 1 heterocycles. The molecule has 17 heavy (non-hydrogen) atoms. The number of aryl methyl sites for hydroxylation is 2. The normalized spacial score (nSPS) is 10.5. The van der Waals surface area contributed by atoms with Crippen molar-refractivity contribution in [3.63, 3.8) is 0 Å². The van der Waals surface area contributed by atoms with Crippen LogP contribution in [0.25, 0.3) is 0 Å². The van der Waals surface area contributed by atoms with Gasteiger partial charge in [0.2, 0.25) is 0 Å². The molecule has 0 aliphatic heterocycles. The van der Waals surface area contributed by atoms with Gasteiger partial charge in [-0.1, -0.05) is 23.7 Å². The molecule has 0 aliphatic rings. The van der Waals surface area contributed by atoms with E-state index >= 15 is 0 Å². The Hall–Kier alpha value is -1.12. The molecule has 0 N–H and O–H groups in total. The van der Waals surface area contributed by atoms with Crippen LogP contribution < -0.4 is 0 Å². The number of hydrogen-bond acceptors (Lipinski definition) is 2. The largest absolute Gasteiger partial charge is 0.298 e. The fraction of sp³-hybridized carbons (Fsp3) is 0.214. The molecular weight excluding hydrogens is 252 g/mol. The Morgan fingerprint density at radius 3 is 2.71 bits per heavy atom. The molecule has 0 spiro atoms. The number of carbonyl (C=O) groups excluding carboxylic acids is 1. The lowest BCUT2D eigenvalue weighted by atomic mass is 10.0. The van der Waals surface area contributed by atoms with Gasteiger partial charge in [0.15, 0.2) is 6.29 Å². The summed E-state index contributed by atoms with van der Waals surface area (Å²) in [4.78, 5) is 13.4. The van der Waals surface area contributed by atoms with Crippen molar-refractivity contribution in [1.82, 2.24) is 0 Å². The van der Waals surface area contributed by atoms with E-state index < -0.39 is 0 Å². The predicted molar refractivity (Wildman–Crippen MR) is 73.4 cm³/mol. The average Bonchev–Trinajstić information content (AvgIpc) is 2.53. The lowest BCUT2D eigenvalue weighted by Gasteiger charge is -2.03. The van der Waals surface area contributed by atoms with E-state index in [9.17, 15) is 4.79 Å². The molecule has 0 aliphatic carbocycles. The highest BCUT2D eigenvalue weighted by molar-refractivity contribution is 7.12. The molecule has 0 fully saturated rings. The second-order valence-electron chi connectivity index (χ2n) is 4.03. The minimum atomic E-state index is 0.736. The number of halogens is 1. The number of carbonyl (C=O) groups is 1. The van der Waals surface area contributed by atoms with Crippen molar-refractivity contribution >= 4 is 29.2 Å². The van der Waals surface area contributed by atoms with Gasteiger partial charge in [0.1, 0.15) is 0 Å². The Morgan fingerprint density at radius 1 is 1.29 bits per heavy atom.